The summed E-state index contributed by atoms with van der Waals surface area (Å²) in [6, 6.07) is 5.25. The predicted molar refractivity (Wildman–Crippen MR) is 133 cm³/mol. The van der Waals surface area contributed by atoms with Crippen LogP contribution in [0.1, 0.15) is 27.7 Å². The van der Waals surface area contributed by atoms with Crippen LogP contribution in [0.2, 0.25) is 30.7 Å². The predicted octanol–water partition coefficient (Wildman–Crippen LogP) is 5.45. The molecule has 0 aliphatic carbocycles. The van der Waals surface area contributed by atoms with Crippen LogP contribution in [0.15, 0.2) is 18.5 Å². The van der Waals surface area contributed by atoms with Crippen molar-refractivity contribution in [2.24, 2.45) is 0 Å². The van der Waals surface area contributed by atoms with E-state index in [1.165, 1.54) is 0 Å². The minimum Gasteiger partial charge on any atom is -0.444 e. The fourth-order valence-electron chi connectivity index (χ4n) is 3.74. The maximum atomic E-state index is 12.5. The van der Waals surface area contributed by atoms with Gasteiger partial charge in [-0.3, -0.25) is 0 Å². The van der Waals surface area contributed by atoms with Crippen molar-refractivity contribution >= 4 is 42.5 Å². The number of nitrogens with zero attached hydrogens (tertiary/aromatic N) is 4. The van der Waals surface area contributed by atoms with Gasteiger partial charge in [0.1, 0.15) is 12.3 Å². The van der Waals surface area contributed by atoms with E-state index >= 15 is 0 Å². The molecule has 178 valence electrons. The molecule has 9 heteroatoms. The molecule has 2 heterocycles. The number of rotatable bonds is 6. The van der Waals surface area contributed by atoms with Crippen LogP contribution in [0.5, 0.6) is 0 Å². The van der Waals surface area contributed by atoms with Gasteiger partial charge in [-0.2, -0.15) is 0 Å². The maximum absolute atomic E-state index is 12.5. The van der Waals surface area contributed by atoms with Crippen molar-refractivity contribution in [3.05, 3.63) is 23.5 Å². The van der Waals surface area contributed by atoms with Gasteiger partial charge in [-0.25, -0.2) is 9.78 Å². The summed E-state index contributed by atoms with van der Waals surface area (Å²) in [6.45, 7) is 17.9. The third-order valence-corrected chi connectivity index (χ3v) is 7.51. The molecule has 1 aromatic heterocycles. The molecule has 1 amide bonds. The molecule has 0 N–H and O–H groups in total. The van der Waals surface area contributed by atoms with Gasteiger partial charge >= 0.3 is 6.09 Å². The largest absolute Gasteiger partial charge is 0.444 e. The summed E-state index contributed by atoms with van der Waals surface area (Å²) in [5.74, 6) is 0. The molecule has 7 nitrogen and oxygen atoms in total. The normalized spacial score (nSPS) is 17.8. The number of imidazole rings is 1. The van der Waals surface area contributed by atoms with E-state index in [-0.39, 0.29) is 12.1 Å². The van der Waals surface area contributed by atoms with Crippen molar-refractivity contribution in [1.82, 2.24) is 14.5 Å². The van der Waals surface area contributed by atoms with Crippen molar-refractivity contribution in [3.63, 3.8) is 0 Å². The van der Waals surface area contributed by atoms with Crippen molar-refractivity contribution in [3.8, 4) is 0 Å². The van der Waals surface area contributed by atoms with E-state index in [0.29, 0.717) is 31.4 Å². The molecule has 0 bridgehead atoms. The fraction of sp³-hybridized carbons (Fsp3) is 0.652. The molecular weight excluding hydrogens is 444 g/mol. The zero-order valence-corrected chi connectivity index (χ0v) is 22.2. The Labute approximate surface area is 197 Å². The van der Waals surface area contributed by atoms with Gasteiger partial charge < -0.3 is 23.8 Å². The highest BCUT2D eigenvalue weighted by atomic mass is 35.5. The molecule has 1 aliphatic heterocycles. The Bertz CT molecular complexity index is 951. The average molecular weight is 481 g/mol. The number of hydrogen-bond donors (Lipinski definition) is 0. The van der Waals surface area contributed by atoms with E-state index < -0.39 is 13.7 Å². The molecule has 0 radical (unpaired) electrons. The molecule has 1 aromatic carbocycles. The number of amides is 1. The van der Waals surface area contributed by atoms with Gasteiger partial charge in [0.05, 0.1) is 28.1 Å². The standard InChI is InChI=1S/C23H37ClN4O3Si/c1-17-14-26(22(29)31-23(2,3)4)8-9-28(17)20-13-21-19(12-18(20)24)25-15-27(21)16-30-10-11-32(5,6)7/h12-13,15,17H,8-11,14,16H2,1-7H3. The maximum Gasteiger partial charge on any atom is 0.410 e. The van der Waals surface area contributed by atoms with Gasteiger partial charge in [-0.05, 0) is 45.9 Å². The SMILES string of the molecule is CC1CN(C(=O)OC(C)(C)C)CCN1c1cc2c(cc1Cl)ncn2COCC[Si](C)(C)C. The number of ether oxygens (including phenoxy) is 2. The number of hydrogen-bond acceptors (Lipinski definition) is 5. The number of benzene rings is 1. The highest BCUT2D eigenvalue weighted by molar-refractivity contribution is 6.76. The Kier molecular flexibility index (Phi) is 7.47. The van der Waals surface area contributed by atoms with Crippen LogP contribution in [0.25, 0.3) is 11.0 Å². The molecule has 1 fully saturated rings. The second-order valence-electron chi connectivity index (χ2n) is 10.8. The Morgan fingerprint density at radius 1 is 1.25 bits per heavy atom. The first-order valence-corrected chi connectivity index (χ1v) is 15.4. The Morgan fingerprint density at radius 3 is 2.59 bits per heavy atom. The summed E-state index contributed by atoms with van der Waals surface area (Å²) in [6.07, 6.45) is 1.54. The topological polar surface area (TPSA) is 59.8 Å². The first-order chi connectivity index (χ1) is 14.8. The zero-order chi connectivity index (χ0) is 23.7. The first kappa shape index (κ1) is 24.9. The molecule has 1 saturated heterocycles. The van der Waals surface area contributed by atoms with Crippen LogP contribution >= 0.6 is 11.6 Å². The lowest BCUT2D eigenvalue weighted by atomic mass is 10.1. The van der Waals surface area contributed by atoms with E-state index in [2.05, 4.69) is 42.5 Å². The Hall–Kier alpha value is -1.77. The molecule has 1 atom stereocenters. The molecule has 32 heavy (non-hydrogen) atoms. The van der Waals surface area contributed by atoms with Crippen LogP contribution in [-0.2, 0) is 16.2 Å². The van der Waals surface area contributed by atoms with Gasteiger partial charge in [0, 0.05) is 40.4 Å². The minimum atomic E-state index is -1.12. The number of halogens is 1. The van der Waals surface area contributed by atoms with Gasteiger partial charge in [0.25, 0.3) is 0 Å². The lowest BCUT2D eigenvalue weighted by Gasteiger charge is -2.41. The number of carbonyl (C=O) groups is 1. The summed E-state index contributed by atoms with van der Waals surface area (Å²) in [5.41, 5.74) is 2.31. The van der Waals surface area contributed by atoms with Gasteiger partial charge in [0.2, 0.25) is 0 Å². The highest BCUT2D eigenvalue weighted by Gasteiger charge is 2.31. The zero-order valence-electron chi connectivity index (χ0n) is 20.4. The summed E-state index contributed by atoms with van der Waals surface area (Å²) in [5, 5.41) is 0.667. The lowest BCUT2D eigenvalue weighted by Crippen LogP contribution is -2.54. The van der Waals surface area contributed by atoms with E-state index in [4.69, 9.17) is 21.1 Å². The van der Waals surface area contributed by atoms with E-state index in [1.54, 1.807) is 4.90 Å². The van der Waals surface area contributed by atoms with Crippen LogP contribution in [-0.4, -0.2) is 66.5 Å². The summed E-state index contributed by atoms with van der Waals surface area (Å²) < 4.78 is 13.5. The summed E-state index contributed by atoms with van der Waals surface area (Å²) >= 11 is 6.65. The van der Waals surface area contributed by atoms with Gasteiger partial charge in [-0.1, -0.05) is 31.2 Å². The number of anilines is 1. The lowest BCUT2D eigenvalue weighted by molar-refractivity contribution is 0.0219. The second kappa shape index (κ2) is 9.61. The van der Waals surface area contributed by atoms with Gasteiger partial charge in [-0.15, -0.1) is 0 Å². The van der Waals surface area contributed by atoms with Crippen LogP contribution in [0.4, 0.5) is 10.5 Å². The first-order valence-electron chi connectivity index (χ1n) is 11.3. The quantitative estimate of drug-likeness (QED) is 0.406. The number of aromatic nitrogens is 2. The molecule has 3 rings (SSSR count). The van der Waals surface area contributed by atoms with Gasteiger partial charge in [0.15, 0.2) is 0 Å². The molecule has 0 saturated carbocycles. The Balaban J connectivity index is 1.72. The average Bonchev–Trinajstić information content (AvgIpc) is 3.04. The fourth-order valence-corrected chi connectivity index (χ4v) is 4.76. The van der Waals surface area contributed by atoms with Crippen molar-refractivity contribution in [2.45, 2.75) is 71.8 Å². The monoisotopic (exact) mass is 480 g/mol. The van der Waals surface area contributed by atoms with E-state index in [1.807, 2.05) is 37.7 Å². The van der Waals surface area contributed by atoms with Crippen molar-refractivity contribution in [1.29, 1.82) is 0 Å². The molecule has 1 unspecified atom stereocenters. The molecule has 2 aromatic rings. The molecule has 1 aliphatic rings. The van der Waals surface area contributed by atoms with E-state index in [9.17, 15) is 4.79 Å². The molecular formula is C23H37ClN4O3Si. The molecule has 0 spiro atoms. The minimum absolute atomic E-state index is 0.107. The third-order valence-electron chi connectivity index (χ3n) is 5.51. The van der Waals surface area contributed by atoms with Crippen LogP contribution in [0.3, 0.4) is 0 Å². The smallest absolute Gasteiger partial charge is 0.410 e. The van der Waals surface area contributed by atoms with Crippen LogP contribution in [0, 0.1) is 0 Å². The number of carbonyl (C=O) groups excluding carboxylic acids is 1. The van der Waals surface area contributed by atoms with Crippen molar-refractivity contribution in [2.75, 3.05) is 31.1 Å². The number of piperazine rings is 1. The number of fused-ring (bicyclic) bond motifs is 1. The highest BCUT2D eigenvalue weighted by Crippen LogP contribution is 2.33. The Morgan fingerprint density at radius 2 is 1.97 bits per heavy atom. The summed E-state index contributed by atoms with van der Waals surface area (Å²) in [4.78, 5) is 21.0. The summed E-state index contributed by atoms with van der Waals surface area (Å²) in [7, 11) is -1.12. The van der Waals surface area contributed by atoms with E-state index in [0.717, 1.165) is 29.4 Å². The second-order valence-corrected chi connectivity index (χ2v) is 16.9. The third kappa shape index (κ3) is 6.39. The van der Waals surface area contributed by atoms with Crippen molar-refractivity contribution < 1.29 is 14.3 Å². The van der Waals surface area contributed by atoms with Crippen LogP contribution < -0.4 is 4.90 Å².